The van der Waals surface area contributed by atoms with Gasteiger partial charge in [0.2, 0.25) is 0 Å². The highest BCUT2D eigenvalue weighted by Gasteiger charge is 2.18. The molecular formula is C15H23Cl2NO. The van der Waals surface area contributed by atoms with E-state index in [0.717, 1.165) is 18.8 Å². The van der Waals surface area contributed by atoms with Crippen molar-refractivity contribution in [1.29, 1.82) is 0 Å². The summed E-state index contributed by atoms with van der Waals surface area (Å²) in [5.74, 6) is 1.37. The molecule has 0 saturated heterocycles. The molecule has 108 valence electrons. The van der Waals surface area contributed by atoms with E-state index in [0.29, 0.717) is 22.6 Å². The lowest BCUT2D eigenvalue weighted by atomic mass is 9.94. The first-order valence-corrected chi connectivity index (χ1v) is 7.34. The Hall–Kier alpha value is -0.440. The van der Waals surface area contributed by atoms with Gasteiger partial charge in [-0.05, 0) is 30.7 Å². The van der Waals surface area contributed by atoms with E-state index in [1.807, 2.05) is 0 Å². The zero-order chi connectivity index (χ0) is 14.5. The third-order valence-corrected chi connectivity index (χ3v) is 3.06. The molecule has 0 spiro atoms. The third-order valence-electron chi connectivity index (χ3n) is 2.62. The van der Waals surface area contributed by atoms with E-state index < -0.39 is 0 Å². The van der Waals surface area contributed by atoms with Gasteiger partial charge in [-0.25, -0.2) is 0 Å². The molecule has 0 aromatic heterocycles. The summed E-state index contributed by atoms with van der Waals surface area (Å²) in [6, 6.07) is 5.27. The molecule has 0 radical (unpaired) electrons. The van der Waals surface area contributed by atoms with Crippen molar-refractivity contribution in [1.82, 2.24) is 5.32 Å². The molecule has 0 unspecified atom stereocenters. The SMILES string of the molecule is CC(C)CNCC(C)(C)COc1cc(Cl)cc(Cl)c1. The predicted octanol–water partition coefficient (Wildman–Crippen LogP) is 4.64. The Morgan fingerprint density at radius 3 is 2.26 bits per heavy atom. The molecule has 0 aliphatic carbocycles. The number of rotatable bonds is 7. The van der Waals surface area contributed by atoms with E-state index in [9.17, 15) is 0 Å². The maximum Gasteiger partial charge on any atom is 0.122 e. The summed E-state index contributed by atoms with van der Waals surface area (Å²) in [4.78, 5) is 0. The van der Waals surface area contributed by atoms with Gasteiger partial charge in [-0.1, -0.05) is 50.9 Å². The van der Waals surface area contributed by atoms with Gasteiger partial charge in [0.15, 0.2) is 0 Å². The van der Waals surface area contributed by atoms with Crippen molar-refractivity contribution in [3.63, 3.8) is 0 Å². The molecule has 0 heterocycles. The minimum atomic E-state index is 0.0592. The van der Waals surface area contributed by atoms with Crippen molar-refractivity contribution in [3.05, 3.63) is 28.2 Å². The van der Waals surface area contributed by atoms with Crippen LogP contribution >= 0.6 is 23.2 Å². The van der Waals surface area contributed by atoms with Crippen molar-refractivity contribution < 1.29 is 4.74 Å². The average molecular weight is 304 g/mol. The van der Waals surface area contributed by atoms with Crippen molar-refractivity contribution in [3.8, 4) is 5.75 Å². The maximum atomic E-state index is 5.94. The summed E-state index contributed by atoms with van der Waals surface area (Å²) in [6.07, 6.45) is 0. The molecule has 0 aliphatic rings. The highest BCUT2D eigenvalue weighted by Crippen LogP contribution is 2.25. The van der Waals surface area contributed by atoms with Crippen molar-refractivity contribution in [2.45, 2.75) is 27.7 Å². The number of halogens is 2. The summed E-state index contributed by atoms with van der Waals surface area (Å²) >= 11 is 11.9. The molecule has 0 aliphatic heterocycles. The minimum absolute atomic E-state index is 0.0592. The molecule has 0 saturated carbocycles. The quantitative estimate of drug-likeness (QED) is 0.792. The summed E-state index contributed by atoms with van der Waals surface area (Å²) < 4.78 is 5.78. The largest absolute Gasteiger partial charge is 0.493 e. The van der Waals surface area contributed by atoms with Crippen molar-refractivity contribution in [2.75, 3.05) is 19.7 Å². The fourth-order valence-electron chi connectivity index (χ4n) is 1.64. The first-order chi connectivity index (χ1) is 8.78. The third kappa shape index (κ3) is 7.05. The molecule has 4 heteroatoms. The summed E-state index contributed by atoms with van der Waals surface area (Å²) in [5.41, 5.74) is 0.0592. The van der Waals surface area contributed by atoms with Gasteiger partial charge >= 0.3 is 0 Å². The highest BCUT2D eigenvalue weighted by atomic mass is 35.5. The van der Waals surface area contributed by atoms with E-state index in [4.69, 9.17) is 27.9 Å². The lowest BCUT2D eigenvalue weighted by Gasteiger charge is -2.25. The predicted molar refractivity (Wildman–Crippen MR) is 83.4 cm³/mol. The van der Waals surface area contributed by atoms with Gasteiger partial charge in [0.25, 0.3) is 0 Å². The van der Waals surface area contributed by atoms with Gasteiger partial charge < -0.3 is 10.1 Å². The fourth-order valence-corrected chi connectivity index (χ4v) is 2.15. The van der Waals surface area contributed by atoms with E-state index in [-0.39, 0.29) is 5.41 Å². The second-order valence-electron chi connectivity index (χ2n) is 6.08. The second kappa shape index (κ2) is 7.37. The average Bonchev–Trinajstić information content (AvgIpc) is 2.24. The van der Waals surface area contributed by atoms with Crippen molar-refractivity contribution >= 4 is 23.2 Å². The van der Waals surface area contributed by atoms with Crippen LogP contribution in [0.25, 0.3) is 0 Å². The van der Waals surface area contributed by atoms with Crippen LogP contribution in [0.4, 0.5) is 0 Å². The van der Waals surface area contributed by atoms with Crippen LogP contribution in [0.3, 0.4) is 0 Å². The van der Waals surface area contributed by atoms with Gasteiger partial charge in [-0.3, -0.25) is 0 Å². The van der Waals surface area contributed by atoms with E-state index in [2.05, 4.69) is 33.0 Å². The first-order valence-electron chi connectivity index (χ1n) is 6.58. The zero-order valence-corrected chi connectivity index (χ0v) is 13.6. The van der Waals surface area contributed by atoms with E-state index in [1.165, 1.54) is 0 Å². The molecule has 1 N–H and O–H groups in total. The van der Waals surface area contributed by atoms with Crippen LogP contribution < -0.4 is 10.1 Å². The molecule has 0 atom stereocenters. The Balaban J connectivity index is 2.45. The topological polar surface area (TPSA) is 21.3 Å². The summed E-state index contributed by atoms with van der Waals surface area (Å²) in [7, 11) is 0. The normalized spacial score (nSPS) is 11.9. The minimum Gasteiger partial charge on any atom is -0.493 e. The lowest BCUT2D eigenvalue weighted by Crippen LogP contribution is -2.35. The Kier molecular flexibility index (Phi) is 6.45. The van der Waals surface area contributed by atoms with E-state index in [1.54, 1.807) is 18.2 Å². The Bertz CT molecular complexity index is 385. The molecule has 1 aromatic carbocycles. The van der Waals surface area contributed by atoms with Gasteiger partial charge in [-0.15, -0.1) is 0 Å². The number of hydrogen-bond donors (Lipinski definition) is 1. The van der Waals surface area contributed by atoms with Gasteiger partial charge in [0.1, 0.15) is 5.75 Å². The van der Waals surface area contributed by atoms with Crippen LogP contribution in [0.1, 0.15) is 27.7 Å². The van der Waals surface area contributed by atoms with Crippen LogP contribution in [0.2, 0.25) is 10.0 Å². The van der Waals surface area contributed by atoms with Crippen LogP contribution in [-0.4, -0.2) is 19.7 Å². The number of ether oxygens (including phenoxy) is 1. The number of nitrogens with one attached hydrogen (secondary N) is 1. The monoisotopic (exact) mass is 303 g/mol. The Morgan fingerprint density at radius 1 is 1.16 bits per heavy atom. The van der Waals surface area contributed by atoms with Gasteiger partial charge in [0.05, 0.1) is 6.61 Å². The summed E-state index contributed by atoms with van der Waals surface area (Å²) in [6.45, 7) is 11.3. The van der Waals surface area contributed by atoms with E-state index >= 15 is 0 Å². The standard InChI is InChI=1S/C15H23Cl2NO/c1-11(2)8-18-9-15(3,4)10-19-14-6-12(16)5-13(17)7-14/h5-7,11,18H,8-10H2,1-4H3. The van der Waals surface area contributed by atoms with Crippen LogP contribution in [0.15, 0.2) is 18.2 Å². The Labute approximate surface area is 126 Å². The van der Waals surface area contributed by atoms with Crippen LogP contribution in [-0.2, 0) is 0 Å². The molecule has 1 aromatic rings. The molecule has 0 amide bonds. The van der Waals surface area contributed by atoms with Gasteiger partial charge in [0, 0.05) is 22.0 Å². The maximum absolute atomic E-state index is 5.94. The summed E-state index contributed by atoms with van der Waals surface area (Å²) in [5, 5.41) is 4.64. The molecule has 0 fully saturated rings. The number of hydrogen-bond acceptors (Lipinski definition) is 2. The van der Waals surface area contributed by atoms with Crippen LogP contribution in [0.5, 0.6) is 5.75 Å². The fraction of sp³-hybridized carbons (Fsp3) is 0.600. The molecule has 1 rings (SSSR count). The smallest absolute Gasteiger partial charge is 0.122 e. The highest BCUT2D eigenvalue weighted by molar-refractivity contribution is 6.34. The second-order valence-corrected chi connectivity index (χ2v) is 6.96. The van der Waals surface area contributed by atoms with Gasteiger partial charge in [-0.2, -0.15) is 0 Å². The number of benzene rings is 1. The molecule has 2 nitrogen and oxygen atoms in total. The Morgan fingerprint density at radius 2 is 1.74 bits per heavy atom. The first kappa shape index (κ1) is 16.6. The molecular weight excluding hydrogens is 281 g/mol. The lowest BCUT2D eigenvalue weighted by molar-refractivity contribution is 0.175. The van der Waals surface area contributed by atoms with Crippen LogP contribution in [0, 0.1) is 11.3 Å². The molecule has 0 bridgehead atoms. The van der Waals surface area contributed by atoms with Crippen molar-refractivity contribution in [2.24, 2.45) is 11.3 Å². The molecule has 19 heavy (non-hydrogen) atoms. The zero-order valence-electron chi connectivity index (χ0n) is 12.1.